The van der Waals surface area contributed by atoms with Crippen molar-refractivity contribution in [1.29, 1.82) is 0 Å². The van der Waals surface area contributed by atoms with E-state index in [-0.39, 0.29) is 12.2 Å². The van der Waals surface area contributed by atoms with Crippen LogP contribution >= 0.6 is 11.3 Å². The summed E-state index contributed by atoms with van der Waals surface area (Å²) in [5, 5.41) is 1.00. The average Bonchev–Trinajstić information content (AvgIpc) is 3.16. The first-order valence-corrected chi connectivity index (χ1v) is 10.5. The second kappa shape index (κ2) is 8.85. The SMILES string of the molecule is CN1CCC(OC(c2cccc(C#CCN)c2)c2nc3ccccc3s2)CC1. The van der Waals surface area contributed by atoms with Gasteiger partial charge in [0.05, 0.1) is 22.9 Å². The Morgan fingerprint density at radius 3 is 2.82 bits per heavy atom. The van der Waals surface area contributed by atoms with Crippen molar-refractivity contribution in [3.05, 3.63) is 64.7 Å². The number of para-hydroxylation sites is 1. The number of piperidine rings is 1. The molecular weight excluding hydrogens is 366 g/mol. The topological polar surface area (TPSA) is 51.4 Å². The molecule has 1 fully saturated rings. The molecule has 4 nitrogen and oxygen atoms in total. The van der Waals surface area contributed by atoms with E-state index in [1.165, 1.54) is 4.70 Å². The van der Waals surface area contributed by atoms with Crippen LogP contribution in [0.3, 0.4) is 0 Å². The number of likely N-dealkylation sites (tertiary alicyclic amines) is 1. The number of nitrogens with two attached hydrogens (primary N) is 1. The van der Waals surface area contributed by atoms with Gasteiger partial charge in [-0.1, -0.05) is 36.1 Å². The van der Waals surface area contributed by atoms with Crippen molar-refractivity contribution in [2.75, 3.05) is 26.7 Å². The van der Waals surface area contributed by atoms with E-state index < -0.39 is 0 Å². The normalized spacial score (nSPS) is 16.6. The second-order valence-corrected chi connectivity index (χ2v) is 8.23. The molecule has 2 N–H and O–H groups in total. The maximum Gasteiger partial charge on any atom is 0.134 e. The van der Waals surface area contributed by atoms with E-state index in [1.807, 2.05) is 18.2 Å². The molecule has 3 aromatic rings. The summed E-state index contributed by atoms with van der Waals surface area (Å²) in [5.41, 5.74) is 8.62. The van der Waals surface area contributed by atoms with Crippen LogP contribution in [0, 0.1) is 11.8 Å². The second-order valence-electron chi connectivity index (χ2n) is 7.17. The van der Waals surface area contributed by atoms with Crippen LogP contribution in [0.15, 0.2) is 48.5 Å². The molecule has 2 heterocycles. The lowest BCUT2D eigenvalue weighted by atomic mass is 10.0. The van der Waals surface area contributed by atoms with Crippen LogP contribution in [-0.2, 0) is 4.74 Å². The highest BCUT2D eigenvalue weighted by molar-refractivity contribution is 7.18. The third-order valence-corrected chi connectivity index (χ3v) is 6.13. The predicted molar refractivity (Wildman–Crippen MR) is 115 cm³/mol. The molecule has 1 unspecified atom stereocenters. The smallest absolute Gasteiger partial charge is 0.134 e. The minimum absolute atomic E-state index is 0.176. The molecule has 5 heteroatoms. The Morgan fingerprint density at radius 1 is 1.21 bits per heavy atom. The first-order chi connectivity index (χ1) is 13.7. The summed E-state index contributed by atoms with van der Waals surface area (Å²) in [4.78, 5) is 7.25. The molecule has 4 rings (SSSR count). The molecule has 0 bridgehead atoms. The molecular formula is C23H25N3OS. The Labute approximate surface area is 170 Å². The molecule has 0 saturated carbocycles. The van der Waals surface area contributed by atoms with Crippen LogP contribution in [0.5, 0.6) is 0 Å². The number of aromatic nitrogens is 1. The van der Waals surface area contributed by atoms with Gasteiger partial charge in [0.15, 0.2) is 0 Å². The van der Waals surface area contributed by atoms with Crippen molar-refractivity contribution >= 4 is 21.6 Å². The number of benzene rings is 2. The number of nitrogens with zero attached hydrogens (tertiary/aromatic N) is 2. The fraction of sp³-hybridized carbons (Fsp3) is 0.348. The van der Waals surface area contributed by atoms with E-state index in [0.717, 1.165) is 47.6 Å². The first-order valence-electron chi connectivity index (χ1n) is 9.71. The predicted octanol–water partition coefficient (Wildman–Crippen LogP) is 3.81. The lowest BCUT2D eigenvalue weighted by Crippen LogP contribution is -2.35. The Kier molecular flexibility index (Phi) is 6.04. The molecule has 0 aliphatic carbocycles. The van der Waals surface area contributed by atoms with Gasteiger partial charge in [-0.05, 0) is 49.7 Å². The maximum absolute atomic E-state index is 6.65. The van der Waals surface area contributed by atoms with Gasteiger partial charge in [0.25, 0.3) is 0 Å². The highest BCUT2D eigenvalue weighted by Crippen LogP contribution is 2.35. The lowest BCUT2D eigenvalue weighted by Gasteiger charge is -2.31. The van der Waals surface area contributed by atoms with Crippen LogP contribution in [0.25, 0.3) is 10.2 Å². The first kappa shape index (κ1) is 19.1. The molecule has 1 aliphatic rings. The molecule has 1 saturated heterocycles. The van der Waals surface area contributed by atoms with Gasteiger partial charge >= 0.3 is 0 Å². The van der Waals surface area contributed by atoms with Gasteiger partial charge in [0, 0.05) is 18.7 Å². The monoisotopic (exact) mass is 391 g/mol. The van der Waals surface area contributed by atoms with Gasteiger partial charge < -0.3 is 15.4 Å². The van der Waals surface area contributed by atoms with Gasteiger partial charge in [-0.3, -0.25) is 0 Å². The van der Waals surface area contributed by atoms with Gasteiger partial charge in [0.2, 0.25) is 0 Å². The minimum Gasteiger partial charge on any atom is -0.363 e. The quantitative estimate of drug-likeness (QED) is 0.687. The Hall–Kier alpha value is -2.23. The van der Waals surface area contributed by atoms with Gasteiger partial charge in [0.1, 0.15) is 11.1 Å². The number of thiazole rings is 1. The van der Waals surface area contributed by atoms with Crippen LogP contribution in [-0.4, -0.2) is 42.7 Å². The van der Waals surface area contributed by atoms with Gasteiger partial charge in [-0.25, -0.2) is 4.98 Å². The minimum atomic E-state index is -0.176. The summed E-state index contributed by atoms with van der Waals surface area (Å²) < 4.78 is 7.84. The van der Waals surface area contributed by atoms with Crippen molar-refractivity contribution in [3.8, 4) is 11.8 Å². The van der Waals surface area contributed by atoms with Crippen LogP contribution in [0.2, 0.25) is 0 Å². The average molecular weight is 392 g/mol. The summed E-state index contributed by atoms with van der Waals surface area (Å²) in [7, 11) is 2.17. The molecule has 0 amide bonds. The fourth-order valence-corrected chi connectivity index (χ4v) is 4.56. The van der Waals surface area contributed by atoms with Crippen molar-refractivity contribution < 1.29 is 4.74 Å². The Balaban J connectivity index is 1.68. The summed E-state index contributed by atoms with van der Waals surface area (Å²) in [5.74, 6) is 6.07. The number of hydrogen-bond donors (Lipinski definition) is 1. The molecule has 28 heavy (non-hydrogen) atoms. The zero-order chi connectivity index (χ0) is 19.3. The van der Waals surface area contributed by atoms with Crippen molar-refractivity contribution in [2.45, 2.75) is 25.0 Å². The molecule has 144 valence electrons. The largest absolute Gasteiger partial charge is 0.363 e. The fourth-order valence-electron chi connectivity index (χ4n) is 3.53. The van der Waals surface area contributed by atoms with E-state index in [0.29, 0.717) is 6.54 Å². The molecule has 2 aromatic carbocycles. The van der Waals surface area contributed by atoms with E-state index in [2.05, 4.69) is 54.1 Å². The lowest BCUT2D eigenvalue weighted by molar-refractivity contribution is -0.0234. The van der Waals surface area contributed by atoms with Crippen molar-refractivity contribution in [2.24, 2.45) is 5.73 Å². The maximum atomic E-state index is 6.65. The standard InChI is InChI=1S/C23H25N3OS/c1-26-14-11-19(12-15-26)27-22(18-8-4-6-17(16-18)7-5-13-24)23-25-20-9-2-3-10-21(20)28-23/h2-4,6,8-10,16,19,22H,11-15,24H2,1H3. The number of hydrogen-bond acceptors (Lipinski definition) is 5. The molecule has 1 aromatic heterocycles. The van der Waals surface area contributed by atoms with Crippen LogP contribution in [0.1, 0.15) is 35.1 Å². The summed E-state index contributed by atoms with van der Waals surface area (Å²) in [6.45, 7) is 2.50. The zero-order valence-electron chi connectivity index (χ0n) is 16.1. The molecule has 0 spiro atoms. The van der Waals surface area contributed by atoms with E-state index in [1.54, 1.807) is 11.3 Å². The molecule has 0 radical (unpaired) electrons. The third-order valence-electron chi connectivity index (χ3n) is 5.05. The summed E-state index contributed by atoms with van der Waals surface area (Å²) in [6, 6.07) is 16.5. The van der Waals surface area contributed by atoms with Gasteiger partial charge in [-0.2, -0.15) is 0 Å². The van der Waals surface area contributed by atoms with E-state index in [9.17, 15) is 0 Å². The van der Waals surface area contributed by atoms with Gasteiger partial charge in [-0.15, -0.1) is 11.3 Å². The Bertz CT molecular complexity index is 962. The number of fused-ring (bicyclic) bond motifs is 1. The molecule has 1 atom stereocenters. The van der Waals surface area contributed by atoms with E-state index in [4.69, 9.17) is 15.5 Å². The third kappa shape index (κ3) is 4.43. The van der Waals surface area contributed by atoms with E-state index >= 15 is 0 Å². The van der Waals surface area contributed by atoms with Crippen LogP contribution in [0.4, 0.5) is 0 Å². The highest BCUT2D eigenvalue weighted by Gasteiger charge is 2.26. The summed E-state index contributed by atoms with van der Waals surface area (Å²) in [6.07, 6.45) is 2.16. The zero-order valence-corrected chi connectivity index (χ0v) is 16.9. The van der Waals surface area contributed by atoms with Crippen molar-refractivity contribution in [1.82, 2.24) is 9.88 Å². The van der Waals surface area contributed by atoms with Crippen LogP contribution < -0.4 is 5.73 Å². The Morgan fingerprint density at radius 2 is 2.04 bits per heavy atom. The highest BCUT2D eigenvalue weighted by atomic mass is 32.1. The number of ether oxygens (including phenoxy) is 1. The number of rotatable bonds is 4. The van der Waals surface area contributed by atoms with Crippen molar-refractivity contribution in [3.63, 3.8) is 0 Å². The molecule has 1 aliphatic heterocycles. The summed E-state index contributed by atoms with van der Waals surface area (Å²) >= 11 is 1.71.